The molecule has 3 nitrogen and oxygen atoms in total. The molecular weight excluding hydrogens is 200 g/mol. The second-order valence-corrected chi connectivity index (χ2v) is 5.07. The normalized spacial score (nSPS) is 22.1. The molecule has 2 N–H and O–H groups in total. The maximum absolute atomic E-state index is 10.7. The molecule has 0 unspecified atom stereocenters. The number of nitrogens with zero attached hydrogens (tertiary/aromatic N) is 1. The number of aromatic amines is 1. The highest BCUT2D eigenvalue weighted by atomic mass is 16.3. The van der Waals surface area contributed by atoms with Crippen LogP contribution in [0.25, 0.3) is 0 Å². The molecule has 1 aliphatic rings. The van der Waals surface area contributed by atoms with E-state index in [4.69, 9.17) is 0 Å². The maximum atomic E-state index is 10.7. The third-order valence-corrected chi connectivity index (χ3v) is 3.57. The third kappa shape index (κ3) is 2.64. The molecule has 16 heavy (non-hydrogen) atoms. The number of hydrogen-bond donors (Lipinski definition) is 2. The van der Waals surface area contributed by atoms with Gasteiger partial charge in [-0.25, -0.2) is 4.98 Å². The Kier molecular flexibility index (Phi) is 3.64. The van der Waals surface area contributed by atoms with Crippen molar-refractivity contribution < 1.29 is 5.11 Å². The van der Waals surface area contributed by atoms with Crippen molar-refractivity contribution in [2.75, 3.05) is 0 Å². The fourth-order valence-corrected chi connectivity index (χ4v) is 2.55. The van der Waals surface area contributed by atoms with Crippen LogP contribution in [0.4, 0.5) is 0 Å². The summed E-state index contributed by atoms with van der Waals surface area (Å²) in [5.74, 6) is 0.770. The molecule has 1 aromatic rings. The molecular formula is C13H22N2O. The topological polar surface area (TPSA) is 48.9 Å². The van der Waals surface area contributed by atoms with E-state index in [0.29, 0.717) is 0 Å². The van der Waals surface area contributed by atoms with Crippen molar-refractivity contribution in [2.45, 2.75) is 63.9 Å². The number of aromatic nitrogens is 2. The van der Waals surface area contributed by atoms with E-state index < -0.39 is 5.60 Å². The van der Waals surface area contributed by atoms with E-state index in [1.54, 1.807) is 6.20 Å². The van der Waals surface area contributed by atoms with Gasteiger partial charge < -0.3 is 10.1 Å². The first kappa shape index (κ1) is 11.6. The van der Waals surface area contributed by atoms with Crippen molar-refractivity contribution in [2.24, 2.45) is 0 Å². The van der Waals surface area contributed by atoms with Crippen molar-refractivity contribution in [1.82, 2.24) is 9.97 Å². The third-order valence-electron chi connectivity index (χ3n) is 3.57. The molecule has 0 aliphatic heterocycles. The average Bonchev–Trinajstić information content (AvgIpc) is 2.71. The molecule has 1 saturated carbocycles. The van der Waals surface area contributed by atoms with Crippen molar-refractivity contribution in [3.8, 4) is 0 Å². The van der Waals surface area contributed by atoms with E-state index in [-0.39, 0.29) is 0 Å². The van der Waals surface area contributed by atoms with Gasteiger partial charge in [0.2, 0.25) is 0 Å². The van der Waals surface area contributed by atoms with Gasteiger partial charge in [0.05, 0.1) is 0 Å². The molecule has 0 amide bonds. The summed E-state index contributed by atoms with van der Waals surface area (Å²) in [5, 5.41) is 10.7. The molecule has 1 fully saturated rings. The summed E-state index contributed by atoms with van der Waals surface area (Å²) in [5.41, 5.74) is 0.321. The van der Waals surface area contributed by atoms with E-state index in [1.165, 1.54) is 25.7 Å². The van der Waals surface area contributed by atoms with Gasteiger partial charge in [-0.15, -0.1) is 0 Å². The minimum absolute atomic E-state index is 0.710. The Morgan fingerprint density at radius 2 is 1.69 bits per heavy atom. The first-order valence-electron chi connectivity index (χ1n) is 6.45. The lowest BCUT2D eigenvalue weighted by Gasteiger charge is -2.25. The number of hydrogen-bond acceptors (Lipinski definition) is 2. The van der Waals surface area contributed by atoms with Crippen molar-refractivity contribution in [3.63, 3.8) is 0 Å². The summed E-state index contributed by atoms with van der Waals surface area (Å²) in [6.45, 7) is 1.98. The number of rotatable bonds is 1. The van der Waals surface area contributed by atoms with E-state index >= 15 is 0 Å². The Hall–Kier alpha value is -0.830. The Labute approximate surface area is 97.3 Å². The molecule has 1 heterocycles. The van der Waals surface area contributed by atoms with Crippen LogP contribution in [-0.2, 0) is 5.60 Å². The Morgan fingerprint density at radius 1 is 1.12 bits per heavy atom. The Bertz CT molecular complexity index is 322. The summed E-state index contributed by atoms with van der Waals surface area (Å²) < 4.78 is 0. The Morgan fingerprint density at radius 3 is 2.19 bits per heavy atom. The SMILES string of the molecule is Cc1cnc(C2(O)CCCCCCCC2)[nH]1. The molecule has 0 saturated heterocycles. The van der Waals surface area contributed by atoms with Gasteiger partial charge in [-0.05, 0) is 19.8 Å². The highest BCUT2D eigenvalue weighted by Crippen LogP contribution is 2.32. The molecule has 0 aromatic carbocycles. The molecule has 3 heteroatoms. The zero-order valence-corrected chi connectivity index (χ0v) is 10.1. The van der Waals surface area contributed by atoms with Crippen LogP contribution in [0, 0.1) is 6.92 Å². The first-order chi connectivity index (χ1) is 7.71. The Balaban J connectivity index is 2.12. The minimum atomic E-state index is -0.710. The minimum Gasteiger partial charge on any atom is -0.382 e. The van der Waals surface area contributed by atoms with Crippen molar-refractivity contribution in [3.05, 3.63) is 17.7 Å². The first-order valence-corrected chi connectivity index (χ1v) is 6.45. The number of aliphatic hydroxyl groups is 1. The van der Waals surface area contributed by atoms with Crippen LogP contribution in [-0.4, -0.2) is 15.1 Å². The molecule has 0 bridgehead atoms. The summed E-state index contributed by atoms with van der Waals surface area (Å²) >= 11 is 0. The number of imidazole rings is 1. The zero-order valence-electron chi connectivity index (χ0n) is 10.1. The average molecular weight is 222 g/mol. The molecule has 0 atom stereocenters. The van der Waals surface area contributed by atoms with Gasteiger partial charge in [-0.1, -0.05) is 38.5 Å². The van der Waals surface area contributed by atoms with Gasteiger partial charge >= 0.3 is 0 Å². The molecule has 0 radical (unpaired) electrons. The van der Waals surface area contributed by atoms with Gasteiger partial charge in [0, 0.05) is 11.9 Å². The lowest BCUT2D eigenvalue weighted by atomic mass is 9.91. The van der Waals surface area contributed by atoms with E-state index in [1.807, 2.05) is 6.92 Å². The van der Waals surface area contributed by atoms with Crippen molar-refractivity contribution >= 4 is 0 Å². The van der Waals surface area contributed by atoms with Crippen LogP contribution in [0.5, 0.6) is 0 Å². The summed E-state index contributed by atoms with van der Waals surface area (Å²) in [6.07, 6.45) is 10.8. The number of nitrogens with one attached hydrogen (secondary N) is 1. The molecule has 1 aliphatic carbocycles. The predicted molar refractivity (Wildman–Crippen MR) is 64.2 cm³/mol. The van der Waals surface area contributed by atoms with Crippen LogP contribution in [0.3, 0.4) is 0 Å². The molecule has 90 valence electrons. The maximum Gasteiger partial charge on any atom is 0.138 e. The predicted octanol–water partition coefficient (Wildman–Crippen LogP) is 3.04. The fourth-order valence-electron chi connectivity index (χ4n) is 2.55. The largest absolute Gasteiger partial charge is 0.382 e. The quantitative estimate of drug-likeness (QED) is 0.767. The molecule has 1 aromatic heterocycles. The van der Waals surface area contributed by atoms with Crippen LogP contribution in [0.1, 0.15) is 62.9 Å². The van der Waals surface area contributed by atoms with E-state index in [2.05, 4.69) is 9.97 Å². The van der Waals surface area contributed by atoms with Gasteiger partial charge in [-0.3, -0.25) is 0 Å². The molecule has 0 spiro atoms. The van der Waals surface area contributed by atoms with Crippen LogP contribution in [0.2, 0.25) is 0 Å². The van der Waals surface area contributed by atoms with Gasteiger partial charge in [0.25, 0.3) is 0 Å². The summed E-state index contributed by atoms with van der Waals surface area (Å²) in [7, 11) is 0. The van der Waals surface area contributed by atoms with Crippen molar-refractivity contribution in [1.29, 1.82) is 0 Å². The molecule has 2 rings (SSSR count). The second-order valence-electron chi connectivity index (χ2n) is 5.07. The standard InChI is InChI=1S/C13H22N2O/c1-11-10-14-12(15-11)13(16)8-6-4-2-3-5-7-9-13/h10,16H,2-9H2,1H3,(H,14,15). The number of H-pyrrole nitrogens is 1. The summed E-state index contributed by atoms with van der Waals surface area (Å²) in [4.78, 5) is 7.50. The van der Waals surface area contributed by atoms with Gasteiger partial charge in [0.1, 0.15) is 11.4 Å². The van der Waals surface area contributed by atoms with Gasteiger partial charge in [0.15, 0.2) is 0 Å². The number of aryl methyl sites for hydroxylation is 1. The van der Waals surface area contributed by atoms with E-state index in [0.717, 1.165) is 37.2 Å². The zero-order chi connectivity index (χ0) is 11.4. The second kappa shape index (κ2) is 5.00. The smallest absolute Gasteiger partial charge is 0.138 e. The van der Waals surface area contributed by atoms with Crippen LogP contribution < -0.4 is 0 Å². The fraction of sp³-hybridized carbons (Fsp3) is 0.769. The monoisotopic (exact) mass is 222 g/mol. The lowest BCUT2D eigenvalue weighted by Crippen LogP contribution is -2.27. The van der Waals surface area contributed by atoms with Gasteiger partial charge in [-0.2, -0.15) is 0 Å². The summed E-state index contributed by atoms with van der Waals surface area (Å²) in [6, 6.07) is 0. The van der Waals surface area contributed by atoms with Crippen LogP contribution >= 0.6 is 0 Å². The highest BCUT2D eigenvalue weighted by Gasteiger charge is 2.31. The highest BCUT2D eigenvalue weighted by molar-refractivity contribution is 5.07. The van der Waals surface area contributed by atoms with Crippen LogP contribution in [0.15, 0.2) is 6.20 Å². The van der Waals surface area contributed by atoms with E-state index in [9.17, 15) is 5.11 Å². The lowest BCUT2D eigenvalue weighted by molar-refractivity contribution is 0.00706.